The van der Waals surface area contributed by atoms with Crippen molar-refractivity contribution >= 4 is 40.7 Å². The molecule has 5 rings (SSSR count). The van der Waals surface area contributed by atoms with E-state index in [1.807, 2.05) is 11.8 Å². The molecule has 10 heteroatoms. The zero-order chi connectivity index (χ0) is 21.4. The van der Waals surface area contributed by atoms with Crippen molar-refractivity contribution in [3.63, 3.8) is 0 Å². The maximum absolute atomic E-state index is 12.4. The highest BCUT2D eigenvalue weighted by molar-refractivity contribution is 7.99. The van der Waals surface area contributed by atoms with Crippen LogP contribution < -0.4 is 9.80 Å². The average molecular weight is 468 g/mol. The van der Waals surface area contributed by atoms with E-state index < -0.39 is 11.2 Å². The number of nitrogens with zero attached hydrogens (tertiary/aromatic N) is 4. The van der Waals surface area contributed by atoms with Crippen molar-refractivity contribution in [3.8, 4) is 0 Å². The first-order chi connectivity index (χ1) is 15.1. The topological polar surface area (TPSA) is 88.0 Å². The van der Waals surface area contributed by atoms with E-state index in [-0.39, 0.29) is 18.0 Å². The third-order valence-corrected chi connectivity index (χ3v) is 9.24. The number of carbonyl (C=O) groups is 1. The summed E-state index contributed by atoms with van der Waals surface area (Å²) in [4.78, 5) is 27.3. The molecule has 3 fully saturated rings. The Labute approximate surface area is 190 Å². The van der Waals surface area contributed by atoms with Crippen LogP contribution in [0.3, 0.4) is 0 Å². The van der Waals surface area contributed by atoms with Crippen LogP contribution in [0.15, 0.2) is 4.90 Å². The summed E-state index contributed by atoms with van der Waals surface area (Å²) in [7, 11) is 2.07. The standard InChI is InChI=1S/C21H31N4O4S2/c1-24(15-2-7-28-8-3-15)19-18-17(6-11-31(18)27)22-21(23-19)25-12-16(13-25)29-20(26)14-4-9-30-10-5-14/h14-16,27H,2-13H2,1H3/q+1. The molecule has 1 unspecified atom stereocenters. The van der Waals surface area contributed by atoms with Crippen LogP contribution in [0.2, 0.25) is 0 Å². The number of anilines is 2. The summed E-state index contributed by atoms with van der Waals surface area (Å²) in [5.74, 6) is 4.40. The fourth-order valence-corrected chi connectivity index (χ4v) is 7.19. The van der Waals surface area contributed by atoms with Gasteiger partial charge in [0.25, 0.3) is 4.90 Å². The second kappa shape index (κ2) is 9.33. The summed E-state index contributed by atoms with van der Waals surface area (Å²) in [5.41, 5.74) is 0.963. The van der Waals surface area contributed by atoms with E-state index in [0.29, 0.717) is 25.1 Å². The molecule has 0 amide bonds. The van der Waals surface area contributed by atoms with Crippen LogP contribution >= 0.6 is 11.8 Å². The van der Waals surface area contributed by atoms with Crippen LogP contribution in [-0.4, -0.2) is 83.2 Å². The average Bonchev–Trinajstić information content (AvgIpc) is 3.16. The third-order valence-electron chi connectivity index (χ3n) is 6.71. The van der Waals surface area contributed by atoms with Gasteiger partial charge in [0.1, 0.15) is 11.8 Å². The molecule has 0 saturated carbocycles. The van der Waals surface area contributed by atoms with Gasteiger partial charge in [-0.2, -0.15) is 21.3 Å². The predicted molar refractivity (Wildman–Crippen MR) is 123 cm³/mol. The summed E-state index contributed by atoms with van der Waals surface area (Å²) in [6.07, 6.45) is 4.49. The second-order valence-electron chi connectivity index (χ2n) is 8.75. The molecule has 31 heavy (non-hydrogen) atoms. The van der Waals surface area contributed by atoms with Gasteiger partial charge < -0.3 is 19.3 Å². The molecule has 5 heterocycles. The number of ether oxygens (including phenoxy) is 2. The summed E-state index contributed by atoms with van der Waals surface area (Å²) >= 11 is 1.12. The van der Waals surface area contributed by atoms with Gasteiger partial charge in [-0.15, -0.1) is 0 Å². The smallest absolute Gasteiger partial charge is 0.309 e. The highest BCUT2D eigenvalue weighted by Crippen LogP contribution is 2.36. The van der Waals surface area contributed by atoms with Gasteiger partial charge in [-0.3, -0.25) is 4.79 Å². The number of thioether (sulfide) groups is 1. The largest absolute Gasteiger partial charge is 0.458 e. The van der Waals surface area contributed by atoms with Gasteiger partial charge in [-0.25, -0.2) is 4.98 Å². The van der Waals surface area contributed by atoms with Gasteiger partial charge >= 0.3 is 5.97 Å². The monoisotopic (exact) mass is 467 g/mol. The van der Waals surface area contributed by atoms with Gasteiger partial charge in [0, 0.05) is 32.7 Å². The number of carbonyl (C=O) groups excluding carboxylic acids is 1. The molecule has 4 aliphatic rings. The molecule has 0 spiro atoms. The zero-order valence-electron chi connectivity index (χ0n) is 18.0. The zero-order valence-corrected chi connectivity index (χ0v) is 19.6. The fourth-order valence-electron chi connectivity index (χ4n) is 4.67. The molecule has 1 N–H and O–H groups in total. The van der Waals surface area contributed by atoms with E-state index in [4.69, 9.17) is 19.4 Å². The van der Waals surface area contributed by atoms with Crippen LogP contribution in [-0.2, 0) is 31.9 Å². The first-order valence-corrected chi connectivity index (χ1v) is 13.8. The maximum atomic E-state index is 12.4. The van der Waals surface area contributed by atoms with Gasteiger partial charge in [-0.05, 0) is 37.2 Å². The maximum Gasteiger partial charge on any atom is 0.309 e. The van der Waals surface area contributed by atoms with Crippen LogP contribution in [0.5, 0.6) is 0 Å². The molecule has 0 bridgehead atoms. The first kappa shape index (κ1) is 21.6. The molecule has 0 aromatic carbocycles. The summed E-state index contributed by atoms with van der Waals surface area (Å²) in [6.45, 7) is 2.80. The molecule has 1 aromatic rings. The quantitative estimate of drug-likeness (QED) is 0.516. The molecule has 170 valence electrons. The van der Waals surface area contributed by atoms with E-state index in [0.717, 1.165) is 79.0 Å². The number of hydrogen-bond donors (Lipinski definition) is 1. The number of fused-ring (bicyclic) bond motifs is 1. The van der Waals surface area contributed by atoms with E-state index >= 15 is 0 Å². The van der Waals surface area contributed by atoms with E-state index in [9.17, 15) is 9.35 Å². The molecule has 3 saturated heterocycles. The SMILES string of the molecule is CN(c1nc(N2CC(OC(=O)C3CCSCC3)C2)nc2c1[S+](O)CC2)C1CCOCC1. The van der Waals surface area contributed by atoms with Crippen molar-refractivity contribution < 1.29 is 18.8 Å². The van der Waals surface area contributed by atoms with E-state index in [2.05, 4.69) is 16.8 Å². The van der Waals surface area contributed by atoms with Gasteiger partial charge in [0.15, 0.2) is 22.7 Å². The minimum Gasteiger partial charge on any atom is -0.458 e. The highest BCUT2D eigenvalue weighted by Gasteiger charge is 2.42. The molecule has 0 aliphatic carbocycles. The molecule has 8 nitrogen and oxygen atoms in total. The lowest BCUT2D eigenvalue weighted by atomic mass is 10.0. The van der Waals surface area contributed by atoms with Crippen LogP contribution in [0.4, 0.5) is 11.8 Å². The Morgan fingerprint density at radius 2 is 1.97 bits per heavy atom. The Bertz CT molecular complexity index is 811. The minimum absolute atomic E-state index is 0.0379. The number of aromatic nitrogens is 2. The Hall–Kier alpha value is -1.23. The predicted octanol–water partition coefficient (Wildman–Crippen LogP) is 1.97. The van der Waals surface area contributed by atoms with Crippen molar-refractivity contribution in [2.75, 3.05) is 60.4 Å². The van der Waals surface area contributed by atoms with Crippen LogP contribution in [0.1, 0.15) is 31.4 Å². The van der Waals surface area contributed by atoms with Gasteiger partial charge in [0.05, 0.1) is 19.0 Å². The highest BCUT2D eigenvalue weighted by atomic mass is 32.2. The van der Waals surface area contributed by atoms with Gasteiger partial charge in [-0.1, -0.05) is 0 Å². The molecule has 0 radical (unpaired) electrons. The summed E-state index contributed by atoms with van der Waals surface area (Å²) < 4.78 is 21.9. The van der Waals surface area contributed by atoms with E-state index in [1.54, 1.807) is 0 Å². The molecule has 4 aliphatic heterocycles. The van der Waals surface area contributed by atoms with Crippen molar-refractivity contribution in [1.29, 1.82) is 0 Å². The number of rotatable bonds is 5. The van der Waals surface area contributed by atoms with Crippen molar-refractivity contribution in [1.82, 2.24) is 9.97 Å². The second-order valence-corrected chi connectivity index (χ2v) is 11.5. The lowest BCUT2D eigenvalue weighted by molar-refractivity contribution is -0.155. The Morgan fingerprint density at radius 3 is 2.71 bits per heavy atom. The van der Waals surface area contributed by atoms with Crippen LogP contribution in [0, 0.1) is 5.92 Å². The normalized spacial score (nSPS) is 25.2. The first-order valence-electron chi connectivity index (χ1n) is 11.2. The molecule has 1 atom stereocenters. The molecule has 1 aromatic heterocycles. The number of aryl methyl sites for hydroxylation is 1. The van der Waals surface area contributed by atoms with E-state index in [1.165, 1.54) is 0 Å². The fraction of sp³-hybridized carbons (Fsp3) is 0.762. The number of esters is 1. The lowest BCUT2D eigenvalue weighted by Crippen LogP contribution is -2.54. The number of hydrogen-bond acceptors (Lipinski definition) is 9. The Morgan fingerprint density at radius 1 is 1.23 bits per heavy atom. The van der Waals surface area contributed by atoms with Gasteiger partial charge in [0.2, 0.25) is 5.95 Å². The minimum atomic E-state index is -0.795. The third kappa shape index (κ3) is 4.49. The van der Waals surface area contributed by atoms with Crippen molar-refractivity contribution in [2.24, 2.45) is 5.92 Å². The van der Waals surface area contributed by atoms with Crippen molar-refractivity contribution in [3.05, 3.63) is 5.69 Å². The van der Waals surface area contributed by atoms with Crippen molar-refractivity contribution in [2.45, 2.75) is 49.1 Å². The Kier molecular flexibility index (Phi) is 6.50. The molecular formula is C21H31N4O4S2+. The molecular weight excluding hydrogens is 436 g/mol. The lowest BCUT2D eigenvalue weighted by Gasteiger charge is -2.39. The summed E-state index contributed by atoms with van der Waals surface area (Å²) in [6, 6.07) is 0.358. The Balaban J connectivity index is 1.27. The van der Waals surface area contributed by atoms with Crippen LogP contribution in [0.25, 0.3) is 0 Å². The summed E-state index contributed by atoms with van der Waals surface area (Å²) in [5, 5.41) is 0.